The molecule has 1 saturated carbocycles. The number of amides is 2. The van der Waals surface area contributed by atoms with E-state index in [4.69, 9.17) is 0 Å². The number of imide groups is 1. The van der Waals surface area contributed by atoms with Gasteiger partial charge in [0.25, 0.3) is 0 Å². The van der Waals surface area contributed by atoms with Crippen LogP contribution in [-0.4, -0.2) is 67.2 Å². The Morgan fingerprint density at radius 1 is 0.929 bits per heavy atom. The van der Waals surface area contributed by atoms with E-state index < -0.39 is 15.8 Å². The van der Waals surface area contributed by atoms with Crippen LogP contribution in [0.5, 0.6) is 0 Å². The molecule has 3 aliphatic rings. The maximum atomic E-state index is 13.9. The number of hydrogen-bond donors (Lipinski definition) is 0. The van der Waals surface area contributed by atoms with Gasteiger partial charge in [-0.2, -0.15) is 4.31 Å². The predicted molar refractivity (Wildman–Crippen MR) is 98.9 cm³/mol. The SMILES string of the molecule is O=C1[C@H]2CCCC[C@@H]2C(=O)N1CN1CCN(S(=O)(=O)c2ccccc2F)CC1. The van der Waals surface area contributed by atoms with Crippen LogP contribution in [0, 0.1) is 17.7 Å². The van der Waals surface area contributed by atoms with Crippen molar-refractivity contribution >= 4 is 21.8 Å². The number of fused-ring (bicyclic) bond motifs is 1. The van der Waals surface area contributed by atoms with Crippen molar-refractivity contribution in [3.05, 3.63) is 30.1 Å². The number of likely N-dealkylation sites (tertiary alicyclic amines) is 1. The van der Waals surface area contributed by atoms with Crippen LogP contribution in [-0.2, 0) is 19.6 Å². The Balaban J connectivity index is 1.39. The molecule has 1 aromatic rings. The molecule has 2 amide bonds. The number of nitrogens with zero attached hydrogens (tertiary/aromatic N) is 3. The third-order valence-corrected chi connectivity index (χ3v) is 7.99. The van der Waals surface area contributed by atoms with Crippen LogP contribution in [0.15, 0.2) is 29.2 Å². The van der Waals surface area contributed by atoms with Crippen LogP contribution in [0.4, 0.5) is 4.39 Å². The molecule has 3 fully saturated rings. The first-order chi connectivity index (χ1) is 13.4. The molecular formula is C19H24FN3O4S. The number of carbonyl (C=O) groups excluding carboxylic acids is 2. The molecular weight excluding hydrogens is 385 g/mol. The molecule has 0 radical (unpaired) electrons. The zero-order valence-electron chi connectivity index (χ0n) is 15.6. The molecule has 2 heterocycles. The van der Waals surface area contributed by atoms with E-state index in [1.54, 1.807) is 0 Å². The summed E-state index contributed by atoms with van der Waals surface area (Å²) in [4.78, 5) is 28.1. The van der Waals surface area contributed by atoms with Gasteiger partial charge in [0.15, 0.2) is 0 Å². The van der Waals surface area contributed by atoms with Gasteiger partial charge in [0.05, 0.1) is 18.5 Å². The average Bonchev–Trinajstić information content (AvgIpc) is 2.94. The van der Waals surface area contributed by atoms with Gasteiger partial charge in [0, 0.05) is 26.2 Å². The highest BCUT2D eigenvalue weighted by Crippen LogP contribution is 2.38. The first-order valence-electron chi connectivity index (χ1n) is 9.72. The summed E-state index contributed by atoms with van der Waals surface area (Å²) in [7, 11) is -3.90. The van der Waals surface area contributed by atoms with E-state index >= 15 is 0 Å². The molecule has 0 N–H and O–H groups in total. The molecule has 9 heteroatoms. The molecule has 7 nitrogen and oxygen atoms in total. The number of carbonyl (C=O) groups is 2. The van der Waals surface area contributed by atoms with Crippen LogP contribution >= 0.6 is 0 Å². The summed E-state index contributed by atoms with van der Waals surface area (Å²) in [6.07, 6.45) is 3.53. The quantitative estimate of drug-likeness (QED) is 0.700. The summed E-state index contributed by atoms with van der Waals surface area (Å²) < 4.78 is 40.5. The minimum atomic E-state index is -3.90. The van der Waals surface area contributed by atoms with Gasteiger partial charge in [-0.1, -0.05) is 25.0 Å². The van der Waals surface area contributed by atoms with E-state index in [0.717, 1.165) is 31.7 Å². The van der Waals surface area contributed by atoms with Gasteiger partial charge in [-0.25, -0.2) is 12.8 Å². The van der Waals surface area contributed by atoms with E-state index in [1.165, 1.54) is 27.4 Å². The van der Waals surface area contributed by atoms with E-state index in [0.29, 0.717) is 13.1 Å². The Kier molecular flexibility index (Phi) is 5.24. The molecule has 152 valence electrons. The molecule has 0 bridgehead atoms. The van der Waals surface area contributed by atoms with Crippen LogP contribution in [0.2, 0.25) is 0 Å². The summed E-state index contributed by atoms with van der Waals surface area (Å²) in [6.45, 7) is 1.37. The number of hydrogen-bond acceptors (Lipinski definition) is 5. The van der Waals surface area contributed by atoms with Gasteiger partial charge in [-0.05, 0) is 25.0 Å². The van der Waals surface area contributed by atoms with Crippen LogP contribution < -0.4 is 0 Å². The topological polar surface area (TPSA) is 78.0 Å². The Morgan fingerprint density at radius 3 is 2.07 bits per heavy atom. The van der Waals surface area contributed by atoms with Crippen molar-refractivity contribution < 1.29 is 22.4 Å². The molecule has 0 spiro atoms. The standard InChI is InChI=1S/C19H24FN3O4S/c20-16-7-3-4-8-17(16)28(26,27)22-11-9-21(10-12-22)13-23-18(24)14-5-1-2-6-15(14)19(23)25/h3-4,7-8,14-15H,1-2,5-6,9-13H2/t14-,15-/m0/s1. The van der Waals surface area contributed by atoms with Gasteiger partial charge in [-0.15, -0.1) is 0 Å². The van der Waals surface area contributed by atoms with E-state index in [9.17, 15) is 22.4 Å². The normalized spacial score (nSPS) is 27.2. The van der Waals surface area contributed by atoms with Crippen LogP contribution in [0.1, 0.15) is 25.7 Å². The lowest BCUT2D eigenvalue weighted by molar-refractivity contribution is -0.142. The molecule has 1 aromatic carbocycles. The molecule has 2 saturated heterocycles. The second-order valence-electron chi connectivity index (χ2n) is 7.70. The summed E-state index contributed by atoms with van der Waals surface area (Å²) >= 11 is 0. The fraction of sp³-hybridized carbons (Fsp3) is 0.579. The Labute approximate surface area is 164 Å². The smallest absolute Gasteiger partial charge is 0.246 e. The first-order valence-corrected chi connectivity index (χ1v) is 11.2. The van der Waals surface area contributed by atoms with Crippen molar-refractivity contribution in [2.24, 2.45) is 11.8 Å². The van der Waals surface area contributed by atoms with E-state index in [-0.39, 0.29) is 48.3 Å². The molecule has 2 atom stereocenters. The molecule has 0 unspecified atom stereocenters. The third kappa shape index (κ3) is 3.35. The fourth-order valence-electron chi connectivity index (χ4n) is 4.47. The lowest BCUT2D eigenvalue weighted by Gasteiger charge is -2.35. The second kappa shape index (κ2) is 7.53. The van der Waals surface area contributed by atoms with Crippen molar-refractivity contribution in [1.29, 1.82) is 0 Å². The zero-order chi connectivity index (χ0) is 19.9. The summed E-state index contributed by atoms with van der Waals surface area (Å²) in [6, 6.07) is 5.34. The largest absolute Gasteiger partial charge is 0.283 e. The zero-order valence-corrected chi connectivity index (χ0v) is 16.4. The Hall–Kier alpha value is -1.84. The average molecular weight is 409 g/mol. The van der Waals surface area contributed by atoms with Gasteiger partial charge in [0.1, 0.15) is 10.7 Å². The van der Waals surface area contributed by atoms with Crippen molar-refractivity contribution in [3.63, 3.8) is 0 Å². The van der Waals surface area contributed by atoms with E-state index in [2.05, 4.69) is 0 Å². The van der Waals surface area contributed by atoms with Gasteiger partial charge < -0.3 is 0 Å². The number of rotatable bonds is 4. The molecule has 28 heavy (non-hydrogen) atoms. The highest BCUT2D eigenvalue weighted by molar-refractivity contribution is 7.89. The van der Waals surface area contributed by atoms with Gasteiger partial charge >= 0.3 is 0 Å². The lowest BCUT2D eigenvalue weighted by atomic mass is 9.81. The summed E-state index contributed by atoms with van der Waals surface area (Å²) in [5, 5.41) is 0. The number of benzene rings is 1. The molecule has 2 aliphatic heterocycles. The second-order valence-corrected chi connectivity index (χ2v) is 9.60. The van der Waals surface area contributed by atoms with Crippen molar-refractivity contribution in [3.8, 4) is 0 Å². The highest BCUT2D eigenvalue weighted by atomic mass is 32.2. The van der Waals surface area contributed by atoms with Crippen LogP contribution in [0.25, 0.3) is 0 Å². The first kappa shape index (κ1) is 19.5. The minimum Gasteiger partial charge on any atom is -0.283 e. The Bertz CT molecular complexity index is 859. The number of piperazine rings is 1. The predicted octanol–water partition coefficient (Wildman–Crippen LogP) is 1.26. The summed E-state index contributed by atoms with van der Waals surface area (Å²) in [5.41, 5.74) is 0. The van der Waals surface area contributed by atoms with Gasteiger partial charge in [-0.3, -0.25) is 19.4 Å². The number of sulfonamides is 1. The fourth-order valence-corrected chi connectivity index (χ4v) is 5.96. The number of halogens is 1. The Morgan fingerprint density at radius 2 is 1.50 bits per heavy atom. The monoisotopic (exact) mass is 409 g/mol. The lowest BCUT2D eigenvalue weighted by Crippen LogP contribution is -2.52. The maximum absolute atomic E-state index is 13.9. The molecule has 1 aliphatic carbocycles. The third-order valence-electron chi connectivity index (χ3n) is 6.06. The summed E-state index contributed by atoms with van der Waals surface area (Å²) in [5.74, 6) is -1.29. The molecule has 4 rings (SSSR count). The van der Waals surface area contributed by atoms with Crippen molar-refractivity contribution in [2.75, 3.05) is 32.8 Å². The van der Waals surface area contributed by atoms with Crippen molar-refractivity contribution in [1.82, 2.24) is 14.1 Å². The van der Waals surface area contributed by atoms with Gasteiger partial charge in [0.2, 0.25) is 21.8 Å². The van der Waals surface area contributed by atoms with E-state index in [1.807, 2.05) is 4.90 Å². The maximum Gasteiger partial charge on any atom is 0.246 e. The molecule has 0 aromatic heterocycles. The van der Waals surface area contributed by atoms with Crippen LogP contribution in [0.3, 0.4) is 0 Å². The highest BCUT2D eigenvalue weighted by Gasteiger charge is 2.48. The minimum absolute atomic E-state index is 0.0869. The van der Waals surface area contributed by atoms with Crippen molar-refractivity contribution in [2.45, 2.75) is 30.6 Å².